The topological polar surface area (TPSA) is 84.2 Å². The van der Waals surface area contributed by atoms with Gasteiger partial charge in [0.05, 0.1) is 19.4 Å². The van der Waals surface area contributed by atoms with Crippen LogP contribution in [0.25, 0.3) is 0 Å². The van der Waals surface area contributed by atoms with Crippen LogP contribution < -0.4 is 14.8 Å². The summed E-state index contributed by atoms with van der Waals surface area (Å²) in [6.07, 6.45) is 4.57. The molecule has 0 bridgehead atoms. The predicted octanol–water partition coefficient (Wildman–Crippen LogP) is 1.79. The van der Waals surface area contributed by atoms with Gasteiger partial charge in [0.25, 0.3) is 0 Å². The van der Waals surface area contributed by atoms with Gasteiger partial charge in [0, 0.05) is 19.0 Å². The van der Waals surface area contributed by atoms with Crippen LogP contribution in [0.4, 0.5) is 0 Å². The number of ether oxygens (including phenoxy) is 2. The van der Waals surface area contributed by atoms with Crippen LogP contribution in [-0.4, -0.2) is 30.1 Å². The summed E-state index contributed by atoms with van der Waals surface area (Å²) >= 11 is 0. The van der Waals surface area contributed by atoms with Gasteiger partial charge >= 0.3 is 0 Å². The zero-order chi connectivity index (χ0) is 16.1. The predicted molar refractivity (Wildman–Crippen MR) is 76.0 cm³/mol. The Morgan fingerprint density at radius 3 is 2.81 bits per heavy atom. The van der Waals surface area contributed by atoms with E-state index in [1.54, 1.807) is 6.07 Å². The van der Waals surface area contributed by atoms with E-state index in [4.69, 9.17) is 16.1 Å². The normalized spacial score (nSPS) is 21.9. The van der Waals surface area contributed by atoms with Crippen molar-refractivity contribution in [3.63, 3.8) is 0 Å². The van der Waals surface area contributed by atoms with E-state index in [2.05, 4.69) is 4.98 Å². The second kappa shape index (κ2) is 6.93. The average molecular weight is 290 g/mol. The minimum atomic E-state index is -0.231. The number of amides is 1. The number of hydrogen-bond acceptors (Lipinski definition) is 5. The van der Waals surface area contributed by atoms with Crippen molar-refractivity contribution in [2.75, 3.05) is 7.11 Å². The summed E-state index contributed by atoms with van der Waals surface area (Å²) in [4.78, 5) is 15.2. The minimum absolute atomic E-state index is 0.0241. The van der Waals surface area contributed by atoms with E-state index in [1.165, 1.54) is 20.2 Å². The molecule has 1 aromatic rings. The van der Waals surface area contributed by atoms with Crippen LogP contribution >= 0.6 is 0 Å². The molecule has 21 heavy (non-hydrogen) atoms. The molecule has 0 saturated heterocycles. The number of pyridine rings is 1. The number of nitriles is 1. The maximum atomic E-state index is 11.2. The van der Waals surface area contributed by atoms with Gasteiger partial charge in [0.15, 0.2) is 12.9 Å². The van der Waals surface area contributed by atoms with E-state index >= 15 is 0 Å². The van der Waals surface area contributed by atoms with E-state index in [1.807, 2.05) is 6.07 Å². The summed E-state index contributed by atoms with van der Waals surface area (Å²) in [6.45, 7) is 1.41. The quantitative estimate of drug-likeness (QED) is 0.913. The van der Waals surface area contributed by atoms with Gasteiger partial charge in [-0.1, -0.05) is 0 Å². The molecule has 1 N–H and O–H groups in total. The van der Waals surface area contributed by atoms with Crippen LogP contribution in [0.15, 0.2) is 12.3 Å². The van der Waals surface area contributed by atoms with E-state index in [0.29, 0.717) is 11.5 Å². The highest BCUT2D eigenvalue weighted by Crippen LogP contribution is 2.27. The summed E-state index contributed by atoms with van der Waals surface area (Å²) in [5, 5.41) is 9.96. The second-order valence-electron chi connectivity index (χ2n) is 5.03. The fraction of sp³-hybridized carbons (Fsp3) is 0.533. The molecular weight excluding hydrogens is 270 g/mol. The summed E-state index contributed by atoms with van der Waals surface area (Å²) in [6, 6.07) is 3.58. The number of carbonyl (C=O) groups is 1. The highest BCUT2D eigenvalue weighted by atomic mass is 16.5. The van der Waals surface area contributed by atoms with E-state index < -0.39 is 0 Å². The van der Waals surface area contributed by atoms with Gasteiger partial charge in [0.1, 0.15) is 11.8 Å². The molecule has 0 aromatic carbocycles. The summed E-state index contributed by atoms with van der Waals surface area (Å²) in [5.41, 5.74) is 0.227. The standard InChI is InChI=1S/C15H19N3O3/c1-10(19)18-11-3-5-12(6-4-11)21-13-7-15(20-2)14(8-16)17-9-13/h7,9,11-12H,3-6H2,1-2H3,(H,18,19)/i/hD. The number of methoxy groups -OCH3 is 1. The summed E-state index contributed by atoms with van der Waals surface area (Å²) < 4.78 is 18.7. The Kier molecular flexibility index (Phi) is 4.52. The minimum Gasteiger partial charge on any atom is -0.494 e. The lowest BCUT2D eigenvalue weighted by Crippen LogP contribution is -2.38. The molecule has 1 fully saturated rings. The van der Waals surface area contributed by atoms with Gasteiger partial charge in [0.2, 0.25) is 5.91 Å². The Labute approximate surface area is 125 Å². The first-order valence-corrected chi connectivity index (χ1v) is 6.94. The van der Waals surface area contributed by atoms with Crippen LogP contribution in [0.2, 0.25) is 1.41 Å². The molecule has 6 nitrogen and oxygen atoms in total. The molecule has 6 heteroatoms. The third kappa shape index (κ3) is 4.09. The number of rotatable bonds is 4. The molecule has 1 amide bonds. The Morgan fingerprint density at radius 2 is 2.24 bits per heavy atom. The molecule has 2 rings (SSSR count). The van der Waals surface area contributed by atoms with Gasteiger partial charge in [-0.2, -0.15) is 5.26 Å². The molecule has 1 aromatic heterocycles. The number of aromatic nitrogens is 1. The highest BCUT2D eigenvalue weighted by molar-refractivity contribution is 5.73. The fourth-order valence-electron chi connectivity index (χ4n) is 2.47. The molecule has 1 aliphatic rings. The Bertz CT molecular complexity index is 580. The third-order valence-corrected chi connectivity index (χ3v) is 3.46. The van der Waals surface area contributed by atoms with Crippen molar-refractivity contribution in [2.45, 2.75) is 44.8 Å². The monoisotopic (exact) mass is 290 g/mol. The molecule has 112 valence electrons. The van der Waals surface area contributed by atoms with Crippen molar-refractivity contribution in [1.29, 1.82) is 5.26 Å². The van der Waals surface area contributed by atoms with Gasteiger partial charge in [-0.15, -0.1) is 0 Å². The maximum absolute atomic E-state index is 11.2. The summed E-state index contributed by atoms with van der Waals surface area (Å²) in [7, 11) is 1.48. The first-order chi connectivity index (χ1) is 10.5. The number of hydrogen-bond donors (Lipinski definition) is 1. The molecule has 1 heterocycles. The molecule has 0 unspecified atom stereocenters. The van der Waals surface area contributed by atoms with E-state index in [9.17, 15) is 4.79 Å². The first-order valence-electron chi connectivity index (χ1n) is 7.39. The van der Waals surface area contributed by atoms with Gasteiger partial charge < -0.3 is 14.8 Å². The molecule has 1 saturated carbocycles. The van der Waals surface area contributed by atoms with Crippen molar-refractivity contribution in [2.24, 2.45) is 0 Å². The third-order valence-electron chi connectivity index (χ3n) is 3.46. The summed E-state index contributed by atoms with van der Waals surface area (Å²) in [5.74, 6) is 0.724. The fourth-order valence-corrected chi connectivity index (χ4v) is 2.47. The molecule has 1 aliphatic carbocycles. The zero-order valence-corrected chi connectivity index (χ0v) is 12.2. The van der Waals surface area contributed by atoms with Crippen LogP contribution in [0.1, 0.15) is 38.3 Å². The van der Waals surface area contributed by atoms with Gasteiger partial charge in [-0.3, -0.25) is 4.79 Å². The lowest BCUT2D eigenvalue weighted by molar-refractivity contribution is -0.120. The number of carbonyl (C=O) groups excluding carboxylic acids is 1. The molecule has 0 radical (unpaired) electrons. The van der Waals surface area contributed by atoms with Crippen molar-refractivity contribution >= 4 is 5.91 Å². The number of nitrogens with one attached hydrogen (secondary N) is 1. The van der Waals surface area contributed by atoms with Crippen molar-refractivity contribution in [3.8, 4) is 17.6 Å². The average Bonchev–Trinajstić information content (AvgIpc) is 2.54. The zero-order valence-electron chi connectivity index (χ0n) is 13.2. The Balaban J connectivity index is 1.94. The van der Waals surface area contributed by atoms with Crippen molar-refractivity contribution in [3.05, 3.63) is 18.0 Å². The first kappa shape index (κ1) is 13.7. The molecule has 0 atom stereocenters. The Morgan fingerprint density at radius 1 is 1.52 bits per heavy atom. The number of nitrogens with zero attached hydrogens (tertiary/aromatic N) is 2. The second-order valence-corrected chi connectivity index (χ2v) is 5.03. The largest absolute Gasteiger partial charge is 0.494 e. The van der Waals surface area contributed by atoms with Gasteiger partial charge in [-0.05, 0) is 25.7 Å². The van der Waals surface area contributed by atoms with Crippen LogP contribution in [0, 0.1) is 11.3 Å². The smallest absolute Gasteiger partial charge is 0.217 e. The Hall–Kier alpha value is -2.29. The maximum Gasteiger partial charge on any atom is 0.217 e. The molecular formula is C15H19N3O3. The lowest BCUT2D eigenvalue weighted by Gasteiger charge is -2.29. The van der Waals surface area contributed by atoms with Crippen LogP contribution in [0.3, 0.4) is 0 Å². The van der Waals surface area contributed by atoms with Crippen molar-refractivity contribution < 1.29 is 15.7 Å². The SMILES string of the molecule is [2H]N(C(C)=O)C1CCC(Oc2cnc(C#N)c(OC)c2)CC1. The molecule has 0 spiro atoms. The van der Waals surface area contributed by atoms with E-state index in [-0.39, 0.29) is 23.7 Å². The van der Waals surface area contributed by atoms with Crippen LogP contribution in [0.5, 0.6) is 11.5 Å². The van der Waals surface area contributed by atoms with Crippen LogP contribution in [-0.2, 0) is 4.79 Å². The molecule has 0 aliphatic heterocycles. The lowest BCUT2D eigenvalue weighted by atomic mass is 9.93. The van der Waals surface area contributed by atoms with Gasteiger partial charge in [-0.25, -0.2) is 4.98 Å². The van der Waals surface area contributed by atoms with Crippen molar-refractivity contribution in [1.82, 2.24) is 10.3 Å². The van der Waals surface area contributed by atoms with E-state index in [0.717, 1.165) is 31.0 Å². The highest BCUT2D eigenvalue weighted by Gasteiger charge is 2.23.